The van der Waals surface area contributed by atoms with Crippen LogP contribution in [0.1, 0.15) is 47.1 Å². The Bertz CT molecular complexity index is 1490. The van der Waals surface area contributed by atoms with Crippen molar-refractivity contribution in [2.45, 2.75) is 46.6 Å². The Hall–Kier alpha value is -4.18. The van der Waals surface area contributed by atoms with Crippen LogP contribution in [-0.4, -0.2) is 29.8 Å². The van der Waals surface area contributed by atoms with Gasteiger partial charge in [0.2, 0.25) is 0 Å². The molecule has 7 nitrogen and oxygen atoms in total. The maximum absolute atomic E-state index is 10.0. The predicted molar refractivity (Wildman–Crippen MR) is 148 cm³/mol. The van der Waals surface area contributed by atoms with Gasteiger partial charge in [0, 0.05) is 24.0 Å². The highest BCUT2D eigenvalue weighted by Crippen LogP contribution is 2.38. The van der Waals surface area contributed by atoms with Crippen molar-refractivity contribution in [2.75, 3.05) is 30.8 Å². The molecule has 37 heavy (non-hydrogen) atoms. The van der Waals surface area contributed by atoms with Crippen molar-refractivity contribution in [1.29, 1.82) is 5.26 Å². The number of nitrogens with two attached hydrogens (primary N) is 1. The second-order valence-corrected chi connectivity index (χ2v) is 9.75. The van der Waals surface area contributed by atoms with E-state index in [2.05, 4.69) is 24.0 Å². The van der Waals surface area contributed by atoms with Crippen LogP contribution in [0.2, 0.25) is 0 Å². The van der Waals surface area contributed by atoms with Crippen molar-refractivity contribution in [1.82, 2.24) is 9.55 Å². The number of benzene rings is 2. The Morgan fingerprint density at radius 3 is 2.41 bits per heavy atom. The average molecular weight is 496 g/mol. The quantitative estimate of drug-likeness (QED) is 0.354. The molecule has 190 valence electrons. The van der Waals surface area contributed by atoms with E-state index in [0.29, 0.717) is 23.6 Å². The zero-order valence-corrected chi connectivity index (χ0v) is 22.0. The number of anilines is 2. The zero-order valence-electron chi connectivity index (χ0n) is 22.0. The summed E-state index contributed by atoms with van der Waals surface area (Å²) in [5.74, 6) is 2.95. The van der Waals surface area contributed by atoms with E-state index >= 15 is 0 Å². The van der Waals surface area contributed by atoms with Gasteiger partial charge in [-0.15, -0.1) is 0 Å². The van der Waals surface area contributed by atoms with E-state index in [1.165, 1.54) is 6.42 Å². The molecule has 0 amide bonds. The normalized spacial score (nSPS) is 13.5. The molecule has 1 fully saturated rings. The fourth-order valence-electron chi connectivity index (χ4n) is 5.28. The molecule has 5 rings (SSSR count). The van der Waals surface area contributed by atoms with E-state index < -0.39 is 0 Å². The summed E-state index contributed by atoms with van der Waals surface area (Å²) >= 11 is 0. The summed E-state index contributed by atoms with van der Waals surface area (Å²) in [5, 5.41) is 10.8. The van der Waals surface area contributed by atoms with Crippen LogP contribution in [0.3, 0.4) is 0 Å². The number of pyridine rings is 1. The number of ether oxygens (including phenoxy) is 2. The van der Waals surface area contributed by atoms with E-state index in [4.69, 9.17) is 20.2 Å². The van der Waals surface area contributed by atoms with E-state index in [0.717, 1.165) is 76.6 Å². The minimum absolute atomic E-state index is 0.402. The molecular formula is C30H33N5O2. The minimum Gasteiger partial charge on any atom is -0.497 e. The van der Waals surface area contributed by atoms with Gasteiger partial charge in [-0.2, -0.15) is 5.26 Å². The van der Waals surface area contributed by atoms with Crippen molar-refractivity contribution >= 4 is 22.7 Å². The first-order valence-electron chi connectivity index (χ1n) is 12.8. The molecule has 1 saturated heterocycles. The lowest BCUT2D eigenvalue weighted by Crippen LogP contribution is -2.30. The van der Waals surface area contributed by atoms with Gasteiger partial charge in [0.25, 0.3) is 0 Å². The van der Waals surface area contributed by atoms with Gasteiger partial charge in [-0.25, -0.2) is 4.98 Å². The smallest absolute Gasteiger partial charge is 0.150 e. The Balaban J connectivity index is 1.60. The van der Waals surface area contributed by atoms with Gasteiger partial charge in [0.05, 0.1) is 12.8 Å². The fourth-order valence-corrected chi connectivity index (χ4v) is 5.28. The molecule has 0 aliphatic carbocycles. The second kappa shape index (κ2) is 10.1. The minimum atomic E-state index is 0.402. The van der Waals surface area contributed by atoms with Crippen LogP contribution in [0.5, 0.6) is 11.5 Å². The summed E-state index contributed by atoms with van der Waals surface area (Å²) < 4.78 is 13.4. The first-order valence-corrected chi connectivity index (χ1v) is 12.8. The van der Waals surface area contributed by atoms with Crippen LogP contribution in [0.25, 0.3) is 16.7 Å². The van der Waals surface area contributed by atoms with Gasteiger partial charge in [0.1, 0.15) is 47.0 Å². The molecule has 0 radical (unpaired) electrons. The summed E-state index contributed by atoms with van der Waals surface area (Å²) in [4.78, 5) is 7.48. The van der Waals surface area contributed by atoms with E-state index in [9.17, 15) is 5.26 Å². The number of piperidine rings is 1. The van der Waals surface area contributed by atoms with E-state index in [-0.39, 0.29) is 0 Å². The SMILES string of the molecule is COc1ccc(COc2ccc(C)c(-n3c(N)c(C#N)c4cc(C)c(N5CCCCC5)nc43)c2C)cc1. The van der Waals surface area contributed by atoms with Crippen LogP contribution in [0, 0.1) is 32.1 Å². The molecule has 1 aliphatic rings. The number of nitriles is 1. The maximum atomic E-state index is 10.0. The summed E-state index contributed by atoms with van der Waals surface area (Å²) in [5.41, 5.74) is 12.8. The molecule has 0 unspecified atom stereocenters. The summed E-state index contributed by atoms with van der Waals surface area (Å²) in [6, 6.07) is 16.2. The summed E-state index contributed by atoms with van der Waals surface area (Å²) in [7, 11) is 1.66. The number of nitrogen functional groups attached to an aromatic ring is 1. The van der Waals surface area contributed by atoms with E-state index in [1.54, 1.807) is 7.11 Å². The van der Waals surface area contributed by atoms with Crippen LogP contribution in [-0.2, 0) is 6.61 Å². The molecule has 1 aliphatic heterocycles. The molecule has 2 aromatic heterocycles. The van der Waals surface area contributed by atoms with Gasteiger partial charge in [-0.1, -0.05) is 18.2 Å². The molecular weight excluding hydrogens is 462 g/mol. The van der Waals surface area contributed by atoms with Crippen LogP contribution < -0.4 is 20.1 Å². The number of aryl methyl sites for hydroxylation is 2. The van der Waals surface area contributed by atoms with E-state index in [1.807, 2.05) is 54.8 Å². The standard InChI is InChI=1S/C30H33N5O2/c1-19-8-13-26(37-18-22-9-11-23(36-4)12-10-22)21(3)27(19)35-28(32)25(17-31)24-16-20(2)29(33-30(24)35)34-14-6-5-7-15-34/h8-13,16H,5-7,14-15,18,32H2,1-4H3. The van der Waals surface area contributed by atoms with Crippen molar-refractivity contribution in [3.8, 4) is 23.3 Å². The van der Waals surface area contributed by atoms with Crippen LogP contribution in [0.4, 0.5) is 11.6 Å². The number of methoxy groups -OCH3 is 1. The topological polar surface area (TPSA) is 89.3 Å². The molecule has 3 heterocycles. The third-order valence-electron chi connectivity index (χ3n) is 7.27. The summed E-state index contributed by atoms with van der Waals surface area (Å²) in [6.07, 6.45) is 3.58. The molecule has 2 aromatic carbocycles. The largest absolute Gasteiger partial charge is 0.497 e. The Morgan fingerprint density at radius 1 is 1.00 bits per heavy atom. The Labute approximate surface area is 218 Å². The Morgan fingerprint density at radius 2 is 1.73 bits per heavy atom. The third kappa shape index (κ3) is 4.44. The lowest BCUT2D eigenvalue weighted by molar-refractivity contribution is 0.303. The monoisotopic (exact) mass is 495 g/mol. The van der Waals surface area contributed by atoms with Crippen molar-refractivity contribution in [2.24, 2.45) is 0 Å². The number of aromatic nitrogens is 2. The molecule has 0 spiro atoms. The van der Waals surface area contributed by atoms with Crippen molar-refractivity contribution in [3.63, 3.8) is 0 Å². The molecule has 4 aromatic rings. The molecule has 0 saturated carbocycles. The number of hydrogen-bond donors (Lipinski definition) is 1. The van der Waals surface area contributed by atoms with Crippen molar-refractivity contribution in [3.05, 3.63) is 70.3 Å². The molecule has 0 atom stereocenters. The van der Waals surface area contributed by atoms with Gasteiger partial charge < -0.3 is 20.1 Å². The molecule has 0 bridgehead atoms. The zero-order chi connectivity index (χ0) is 26.1. The third-order valence-corrected chi connectivity index (χ3v) is 7.27. The number of rotatable bonds is 6. The first-order chi connectivity index (χ1) is 17.9. The summed E-state index contributed by atoms with van der Waals surface area (Å²) in [6.45, 7) is 8.56. The van der Waals surface area contributed by atoms with Gasteiger partial charge in [-0.3, -0.25) is 4.57 Å². The first kappa shape index (κ1) is 24.5. The fraction of sp³-hybridized carbons (Fsp3) is 0.333. The average Bonchev–Trinajstić information content (AvgIpc) is 3.18. The second-order valence-electron chi connectivity index (χ2n) is 9.75. The highest BCUT2D eigenvalue weighted by atomic mass is 16.5. The lowest BCUT2D eigenvalue weighted by atomic mass is 10.1. The predicted octanol–water partition coefficient (Wildman–Crippen LogP) is 5.98. The Kier molecular flexibility index (Phi) is 6.66. The van der Waals surface area contributed by atoms with Gasteiger partial charge >= 0.3 is 0 Å². The van der Waals surface area contributed by atoms with Crippen molar-refractivity contribution < 1.29 is 9.47 Å². The number of hydrogen-bond acceptors (Lipinski definition) is 6. The van der Waals surface area contributed by atoms with Gasteiger partial charge in [0.15, 0.2) is 0 Å². The number of fused-ring (bicyclic) bond motifs is 1. The molecule has 7 heteroatoms. The van der Waals surface area contributed by atoms with Gasteiger partial charge in [-0.05, 0) is 81.0 Å². The molecule has 2 N–H and O–H groups in total. The number of nitrogens with zero attached hydrogens (tertiary/aromatic N) is 4. The van der Waals surface area contributed by atoms with Crippen LogP contribution in [0.15, 0.2) is 42.5 Å². The van der Waals surface area contributed by atoms with Crippen LogP contribution >= 0.6 is 0 Å². The highest BCUT2D eigenvalue weighted by molar-refractivity contribution is 5.93. The maximum Gasteiger partial charge on any atom is 0.150 e. The highest BCUT2D eigenvalue weighted by Gasteiger charge is 2.24. The lowest BCUT2D eigenvalue weighted by Gasteiger charge is -2.29.